The van der Waals surface area contributed by atoms with E-state index in [4.69, 9.17) is 20.9 Å². The summed E-state index contributed by atoms with van der Waals surface area (Å²) in [6.07, 6.45) is 7.55. The van der Waals surface area contributed by atoms with Gasteiger partial charge >= 0.3 is 5.97 Å². The molecule has 0 saturated heterocycles. The minimum atomic E-state index is -0.612. The number of anilines is 1. The highest BCUT2D eigenvalue weighted by molar-refractivity contribution is 6.33. The second-order valence-electron chi connectivity index (χ2n) is 9.20. The average molecular weight is 500 g/mol. The number of hydrogen-bond donors (Lipinski definition) is 1. The first-order valence-corrected chi connectivity index (χ1v) is 12.5. The molecule has 0 spiro atoms. The minimum Gasteiger partial charge on any atom is -0.456 e. The van der Waals surface area contributed by atoms with Crippen LogP contribution in [-0.4, -0.2) is 21.4 Å². The summed E-state index contributed by atoms with van der Waals surface area (Å²) in [5, 5.41) is 3.24. The Bertz CT molecular complexity index is 1270. The highest BCUT2D eigenvalue weighted by atomic mass is 35.5. The van der Waals surface area contributed by atoms with Crippen LogP contribution in [0.25, 0.3) is 5.65 Å². The Hall–Kier alpha value is -3.13. The quantitative estimate of drug-likeness (QED) is 0.408. The van der Waals surface area contributed by atoms with Crippen LogP contribution in [0.1, 0.15) is 73.7 Å². The number of halogens is 1. The van der Waals surface area contributed by atoms with Crippen molar-refractivity contribution in [3.63, 3.8) is 0 Å². The van der Waals surface area contributed by atoms with Crippen LogP contribution in [0, 0.1) is 18.8 Å². The van der Waals surface area contributed by atoms with E-state index in [1.807, 2.05) is 0 Å². The van der Waals surface area contributed by atoms with Crippen molar-refractivity contribution in [3.05, 3.63) is 62.7 Å². The molecule has 4 rings (SSSR count). The predicted octanol–water partition coefficient (Wildman–Crippen LogP) is 5.54. The van der Waals surface area contributed by atoms with Crippen molar-refractivity contribution in [1.82, 2.24) is 9.56 Å². The maximum atomic E-state index is 12.8. The molecule has 3 aromatic rings. The summed E-state index contributed by atoms with van der Waals surface area (Å²) in [7, 11) is 0. The van der Waals surface area contributed by atoms with E-state index in [2.05, 4.69) is 17.2 Å². The molecule has 35 heavy (non-hydrogen) atoms. The maximum Gasteiger partial charge on any atom is 0.338 e. The van der Waals surface area contributed by atoms with E-state index in [1.165, 1.54) is 37.5 Å². The van der Waals surface area contributed by atoms with E-state index in [-0.39, 0.29) is 24.0 Å². The van der Waals surface area contributed by atoms with Crippen LogP contribution < -0.4 is 10.9 Å². The van der Waals surface area contributed by atoms with Gasteiger partial charge in [0.15, 0.2) is 5.65 Å². The number of carbonyl (C=O) groups is 2. The predicted molar refractivity (Wildman–Crippen MR) is 133 cm³/mol. The van der Waals surface area contributed by atoms with Gasteiger partial charge < -0.3 is 14.6 Å². The Labute approximate surface area is 208 Å². The molecule has 1 aromatic carbocycles. The Balaban J connectivity index is 1.36. The fourth-order valence-electron chi connectivity index (χ4n) is 4.56. The van der Waals surface area contributed by atoms with Crippen LogP contribution in [0.3, 0.4) is 0 Å². The molecule has 1 N–H and O–H groups in total. The zero-order valence-corrected chi connectivity index (χ0v) is 20.8. The number of esters is 1. The van der Waals surface area contributed by atoms with Crippen LogP contribution in [0.15, 0.2) is 39.6 Å². The molecule has 1 saturated carbocycles. The van der Waals surface area contributed by atoms with E-state index in [0.29, 0.717) is 33.7 Å². The zero-order chi connectivity index (χ0) is 24.9. The summed E-state index contributed by atoms with van der Waals surface area (Å²) in [6, 6.07) is 7.48. The van der Waals surface area contributed by atoms with Gasteiger partial charge in [0.2, 0.25) is 5.91 Å². The third-order valence-electron chi connectivity index (χ3n) is 6.52. The SMILES string of the molecule is CCCCC1CCC(C(=O)Nc2cc(C(=O)OCc3cc(=O)n4oc(C)cc4n3)ccc2Cl)CC1. The van der Waals surface area contributed by atoms with Crippen molar-refractivity contribution < 1.29 is 18.8 Å². The number of amides is 1. The summed E-state index contributed by atoms with van der Waals surface area (Å²) in [4.78, 5) is 41.9. The standard InChI is InChI=1S/C26H30ClN3O5/c1-3-4-5-17-6-8-18(9-7-17)25(32)29-22-13-19(10-11-21(22)27)26(33)34-15-20-14-24(31)30-23(28-20)12-16(2)35-30/h10-14,17-18H,3-9,15H2,1-2H3,(H,29,32). The Kier molecular flexibility index (Phi) is 7.90. The molecule has 0 aliphatic heterocycles. The van der Waals surface area contributed by atoms with Crippen molar-refractivity contribution in [2.45, 2.75) is 65.4 Å². The summed E-state index contributed by atoms with van der Waals surface area (Å²) in [5.74, 6) is 0.527. The smallest absolute Gasteiger partial charge is 0.338 e. The molecule has 2 heterocycles. The molecule has 2 aromatic heterocycles. The fraction of sp³-hybridized carbons (Fsp3) is 0.462. The normalized spacial score (nSPS) is 17.9. The van der Waals surface area contributed by atoms with E-state index < -0.39 is 11.5 Å². The van der Waals surface area contributed by atoms with Crippen molar-refractivity contribution in [3.8, 4) is 0 Å². The molecule has 8 nitrogen and oxygen atoms in total. The maximum absolute atomic E-state index is 12.8. The van der Waals surface area contributed by atoms with Gasteiger partial charge in [-0.25, -0.2) is 9.78 Å². The zero-order valence-electron chi connectivity index (χ0n) is 20.0. The molecular formula is C26H30ClN3O5. The first-order valence-electron chi connectivity index (χ1n) is 12.1. The van der Waals surface area contributed by atoms with Crippen molar-refractivity contribution in [2.24, 2.45) is 11.8 Å². The van der Waals surface area contributed by atoms with Gasteiger partial charge in [-0.3, -0.25) is 9.59 Å². The molecule has 0 bridgehead atoms. The van der Waals surface area contributed by atoms with Gasteiger partial charge in [-0.15, -0.1) is 4.57 Å². The fourth-order valence-corrected chi connectivity index (χ4v) is 4.72. The number of benzene rings is 1. The minimum absolute atomic E-state index is 0.0498. The van der Waals surface area contributed by atoms with Crippen LogP contribution in [-0.2, 0) is 16.1 Å². The van der Waals surface area contributed by atoms with E-state index >= 15 is 0 Å². The van der Waals surface area contributed by atoms with Crippen molar-refractivity contribution in [2.75, 3.05) is 5.32 Å². The average Bonchev–Trinajstić information content (AvgIpc) is 3.23. The van der Waals surface area contributed by atoms with E-state index in [1.54, 1.807) is 19.1 Å². The number of nitrogens with zero attached hydrogens (tertiary/aromatic N) is 2. The largest absolute Gasteiger partial charge is 0.456 e. The lowest BCUT2D eigenvalue weighted by molar-refractivity contribution is -0.121. The molecule has 1 aliphatic carbocycles. The molecule has 186 valence electrons. The van der Waals surface area contributed by atoms with Gasteiger partial charge in [-0.05, 0) is 56.7 Å². The highest BCUT2D eigenvalue weighted by Gasteiger charge is 2.26. The van der Waals surface area contributed by atoms with Gasteiger partial charge in [0, 0.05) is 18.1 Å². The molecule has 0 atom stereocenters. The van der Waals surface area contributed by atoms with E-state index in [0.717, 1.165) is 30.3 Å². The van der Waals surface area contributed by atoms with Gasteiger partial charge in [-0.2, -0.15) is 0 Å². The second-order valence-corrected chi connectivity index (χ2v) is 9.61. The Morgan fingerprint density at radius 2 is 1.97 bits per heavy atom. The lowest BCUT2D eigenvalue weighted by atomic mass is 9.79. The highest BCUT2D eigenvalue weighted by Crippen LogP contribution is 2.33. The van der Waals surface area contributed by atoms with Crippen LogP contribution >= 0.6 is 11.6 Å². The third kappa shape index (κ3) is 6.11. The number of aryl methyl sites for hydroxylation is 1. The molecule has 1 fully saturated rings. The van der Waals surface area contributed by atoms with Gasteiger partial charge in [0.05, 0.1) is 22.0 Å². The van der Waals surface area contributed by atoms with Crippen LogP contribution in [0.4, 0.5) is 5.69 Å². The van der Waals surface area contributed by atoms with E-state index in [9.17, 15) is 14.4 Å². The lowest BCUT2D eigenvalue weighted by Gasteiger charge is -2.27. The number of fused-ring (bicyclic) bond motifs is 1. The number of aromatic nitrogens is 2. The van der Waals surface area contributed by atoms with Gasteiger partial charge in [0.1, 0.15) is 12.4 Å². The molecule has 0 unspecified atom stereocenters. The number of unbranched alkanes of at least 4 members (excludes halogenated alkanes) is 1. The number of hydrogen-bond acceptors (Lipinski definition) is 6. The number of rotatable bonds is 8. The van der Waals surface area contributed by atoms with Gasteiger partial charge in [0.25, 0.3) is 5.56 Å². The lowest BCUT2D eigenvalue weighted by Crippen LogP contribution is -2.27. The molecule has 1 amide bonds. The molecule has 9 heteroatoms. The number of ether oxygens (including phenoxy) is 1. The number of nitrogens with one attached hydrogen (secondary N) is 1. The summed E-state index contributed by atoms with van der Waals surface area (Å²) in [5.41, 5.74) is 0.874. The first-order chi connectivity index (χ1) is 16.8. The topological polar surface area (TPSA) is 103 Å². The third-order valence-corrected chi connectivity index (χ3v) is 6.85. The van der Waals surface area contributed by atoms with Crippen LogP contribution in [0.2, 0.25) is 5.02 Å². The first kappa shape index (κ1) is 25.0. The molecule has 1 aliphatic rings. The number of carbonyl (C=O) groups excluding carboxylic acids is 2. The molecule has 0 radical (unpaired) electrons. The van der Waals surface area contributed by atoms with Crippen molar-refractivity contribution >= 4 is 34.8 Å². The summed E-state index contributed by atoms with van der Waals surface area (Å²) < 4.78 is 11.7. The summed E-state index contributed by atoms with van der Waals surface area (Å²) >= 11 is 6.29. The van der Waals surface area contributed by atoms with Crippen LogP contribution in [0.5, 0.6) is 0 Å². The van der Waals surface area contributed by atoms with Crippen molar-refractivity contribution in [1.29, 1.82) is 0 Å². The Morgan fingerprint density at radius 1 is 1.20 bits per heavy atom. The molecular weight excluding hydrogens is 470 g/mol. The monoisotopic (exact) mass is 499 g/mol. The second kappa shape index (κ2) is 11.1. The Morgan fingerprint density at radius 3 is 2.71 bits per heavy atom. The van der Waals surface area contributed by atoms with Gasteiger partial charge in [-0.1, -0.05) is 37.8 Å². The summed E-state index contributed by atoms with van der Waals surface area (Å²) in [6.45, 7) is 3.73.